The van der Waals surface area contributed by atoms with Crippen LogP contribution in [-0.4, -0.2) is 24.3 Å². The second-order valence-corrected chi connectivity index (χ2v) is 7.13. The number of carbonyl (C=O) groups excluding carboxylic acids is 2. The molecule has 0 bridgehead atoms. The molecular formula is C23H17F4N3O3. The zero-order valence-corrected chi connectivity index (χ0v) is 16.9. The molecule has 1 aliphatic heterocycles. The Morgan fingerprint density at radius 3 is 2.52 bits per heavy atom. The monoisotopic (exact) mass is 459 g/mol. The Bertz CT molecular complexity index is 1220. The molecule has 0 spiro atoms. The maximum absolute atomic E-state index is 13.2. The molecule has 0 unspecified atom stereocenters. The number of para-hydroxylation sites is 1. The highest BCUT2D eigenvalue weighted by Crippen LogP contribution is 2.31. The van der Waals surface area contributed by atoms with E-state index < -0.39 is 24.2 Å². The van der Waals surface area contributed by atoms with Crippen LogP contribution >= 0.6 is 0 Å². The zero-order valence-electron chi connectivity index (χ0n) is 16.9. The van der Waals surface area contributed by atoms with Crippen molar-refractivity contribution in [2.75, 3.05) is 10.6 Å². The van der Waals surface area contributed by atoms with Gasteiger partial charge in [-0.15, -0.1) is 0 Å². The average molecular weight is 459 g/mol. The summed E-state index contributed by atoms with van der Waals surface area (Å²) in [7, 11) is 0. The number of nitrogens with one attached hydrogen (secondary N) is 3. The third-order valence-electron chi connectivity index (χ3n) is 4.89. The Hall–Kier alpha value is -4.08. The van der Waals surface area contributed by atoms with Crippen LogP contribution in [0.4, 0.5) is 34.6 Å². The van der Waals surface area contributed by atoms with Gasteiger partial charge in [-0.2, -0.15) is 17.6 Å². The van der Waals surface area contributed by atoms with Crippen molar-refractivity contribution in [2.24, 2.45) is 0 Å². The Balaban J connectivity index is 1.54. The van der Waals surface area contributed by atoms with Crippen LogP contribution in [-0.2, 0) is 6.54 Å². The van der Waals surface area contributed by atoms with Gasteiger partial charge in [0.05, 0.1) is 11.3 Å². The minimum Gasteiger partial charge on any atom is -0.428 e. The van der Waals surface area contributed by atoms with Crippen LogP contribution in [0.5, 0.6) is 5.75 Å². The van der Waals surface area contributed by atoms with Gasteiger partial charge in [0, 0.05) is 35.1 Å². The third kappa shape index (κ3) is 4.74. The van der Waals surface area contributed by atoms with Gasteiger partial charge in [0.2, 0.25) is 0 Å². The number of benzene rings is 3. The van der Waals surface area contributed by atoms with Crippen molar-refractivity contribution in [1.82, 2.24) is 5.32 Å². The lowest BCUT2D eigenvalue weighted by atomic mass is 10.1. The van der Waals surface area contributed by atoms with Crippen LogP contribution in [0.1, 0.15) is 26.3 Å². The lowest BCUT2D eigenvalue weighted by Gasteiger charge is -2.17. The predicted molar refractivity (Wildman–Crippen MR) is 113 cm³/mol. The van der Waals surface area contributed by atoms with Crippen LogP contribution in [0.2, 0.25) is 0 Å². The maximum Gasteiger partial charge on any atom is 0.461 e. The minimum absolute atomic E-state index is 0.0766. The van der Waals surface area contributed by atoms with E-state index in [-0.39, 0.29) is 17.2 Å². The van der Waals surface area contributed by atoms with Crippen molar-refractivity contribution < 1.29 is 31.9 Å². The standard InChI is InChI=1S/C23H17F4N3O3/c24-22(25)23(26,27)33-14-6-3-5-13(11-14)29-21(32)16-7-1-2-9-18(16)30-19-10-4-8-15-17(19)12-28-20(15)31/h1-11,22,30H,12H2,(H,28,31)(H,29,32). The van der Waals surface area contributed by atoms with E-state index in [9.17, 15) is 27.2 Å². The summed E-state index contributed by atoms with van der Waals surface area (Å²) in [5, 5.41) is 8.44. The van der Waals surface area contributed by atoms with Gasteiger partial charge in [-0.25, -0.2) is 0 Å². The minimum atomic E-state index is -4.66. The summed E-state index contributed by atoms with van der Waals surface area (Å²) in [6, 6.07) is 16.6. The number of alkyl halides is 4. The Morgan fingerprint density at radius 2 is 1.73 bits per heavy atom. The molecule has 1 aliphatic rings. The molecule has 0 atom stereocenters. The molecule has 0 aromatic heterocycles. The quantitative estimate of drug-likeness (QED) is 0.427. The molecule has 3 aromatic rings. The fourth-order valence-corrected chi connectivity index (χ4v) is 3.34. The van der Waals surface area contributed by atoms with Crippen LogP contribution in [0.3, 0.4) is 0 Å². The molecule has 0 saturated carbocycles. The summed E-state index contributed by atoms with van der Waals surface area (Å²) >= 11 is 0. The number of amides is 2. The molecule has 6 nitrogen and oxygen atoms in total. The number of carbonyl (C=O) groups is 2. The second kappa shape index (κ2) is 8.81. The first kappa shape index (κ1) is 22.1. The zero-order chi connectivity index (χ0) is 23.6. The van der Waals surface area contributed by atoms with Gasteiger partial charge in [-0.05, 0) is 36.4 Å². The summed E-state index contributed by atoms with van der Waals surface area (Å²) in [6.45, 7) is 0.349. The molecule has 10 heteroatoms. The normalized spacial score (nSPS) is 12.8. The fourth-order valence-electron chi connectivity index (χ4n) is 3.34. The van der Waals surface area contributed by atoms with Crippen LogP contribution in [0.15, 0.2) is 66.7 Å². The fraction of sp³-hybridized carbons (Fsp3) is 0.130. The summed E-state index contributed by atoms with van der Waals surface area (Å²) in [5.41, 5.74) is 2.71. The van der Waals surface area contributed by atoms with Crippen molar-refractivity contribution >= 4 is 28.9 Å². The highest BCUT2D eigenvalue weighted by Gasteiger charge is 2.44. The highest BCUT2D eigenvalue weighted by atomic mass is 19.3. The van der Waals surface area contributed by atoms with Crippen molar-refractivity contribution in [3.8, 4) is 5.75 Å². The number of rotatable bonds is 7. The number of halogens is 4. The van der Waals surface area contributed by atoms with Gasteiger partial charge in [-0.1, -0.05) is 24.3 Å². The lowest BCUT2D eigenvalue weighted by molar-refractivity contribution is -0.253. The van der Waals surface area contributed by atoms with E-state index in [1.807, 2.05) is 0 Å². The molecule has 0 fully saturated rings. The first-order valence-electron chi connectivity index (χ1n) is 9.77. The van der Waals surface area contributed by atoms with E-state index >= 15 is 0 Å². The number of fused-ring (bicyclic) bond motifs is 1. The lowest BCUT2D eigenvalue weighted by Crippen LogP contribution is -2.33. The molecule has 0 saturated heterocycles. The van der Waals surface area contributed by atoms with E-state index in [1.54, 1.807) is 42.5 Å². The molecule has 170 valence electrons. The number of ether oxygens (including phenoxy) is 1. The number of anilines is 3. The molecule has 1 heterocycles. The largest absolute Gasteiger partial charge is 0.461 e. The van der Waals surface area contributed by atoms with Gasteiger partial charge in [0.25, 0.3) is 11.8 Å². The summed E-state index contributed by atoms with van der Waals surface area (Å²) in [6.07, 6.45) is -8.66. The number of hydrogen-bond acceptors (Lipinski definition) is 4. The smallest absolute Gasteiger partial charge is 0.428 e. The van der Waals surface area contributed by atoms with Crippen LogP contribution < -0.4 is 20.7 Å². The van der Waals surface area contributed by atoms with E-state index in [0.29, 0.717) is 23.5 Å². The van der Waals surface area contributed by atoms with Gasteiger partial charge < -0.3 is 20.7 Å². The first-order chi connectivity index (χ1) is 15.7. The van der Waals surface area contributed by atoms with Crippen molar-refractivity contribution in [1.29, 1.82) is 0 Å². The number of hydrogen-bond donors (Lipinski definition) is 3. The van der Waals surface area contributed by atoms with Crippen molar-refractivity contribution in [3.63, 3.8) is 0 Å². The third-order valence-corrected chi connectivity index (χ3v) is 4.89. The first-order valence-corrected chi connectivity index (χ1v) is 9.77. The van der Waals surface area contributed by atoms with Gasteiger partial charge >= 0.3 is 12.5 Å². The Labute approximate surface area is 185 Å². The Kier molecular flexibility index (Phi) is 5.91. The molecule has 0 aliphatic carbocycles. The van der Waals surface area contributed by atoms with Crippen molar-refractivity contribution in [3.05, 3.63) is 83.4 Å². The van der Waals surface area contributed by atoms with Gasteiger partial charge in [0.1, 0.15) is 5.75 Å². The molecule has 2 amide bonds. The SMILES string of the molecule is O=C(Nc1cccc(OC(F)(F)C(F)F)c1)c1ccccc1Nc1cccc2c1CNC2=O. The van der Waals surface area contributed by atoms with E-state index in [1.165, 1.54) is 12.1 Å². The molecule has 33 heavy (non-hydrogen) atoms. The van der Waals surface area contributed by atoms with E-state index in [2.05, 4.69) is 20.7 Å². The second-order valence-electron chi connectivity index (χ2n) is 7.13. The van der Waals surface area contributed by atoms with E-state index in [0.717, 1.165) is 17.7 Å². The maximum atomic E-state index is 13.2. The molecule has 3 N–H and O–H groups in total. The summed E-state index contributed by atoms with van der Waals surface area (Å²) in [4.78, 5) is 24.8. The van der Waals surface area contributed by atoms with Gasteiger partial charge in [0.15, 0.2) is 0 Å². The van der Waals surface area contributed by atoms with Crippen LogP contribution in [0, 0.1) is 0 Å². The highest BCUT2D eigenvalue weighted by molar-refractivity contribution is 6.08. The summed E-state index contributed by atoms with van der Waals surface area (Å²) < 4.78 is 55.2. The van der Waals surface area contributed by atoms with Crippen molar-refractivity contribution in [2.45, 2.75) is 19.1 Å². The topological polar surface area (TPSA) is 79.5 Å². The van der Waals surface area contributed by atoms with E-state index in [4.69, 9.17) is 0 Å². The predicted octanol–water partition coefficient (Wildman–Crippen LogP) is 5.16. The Morgan fingerprint density at radius 1 is 1.00 bits per heavy atom. The van der Waals surface area contributed by atoms with Crippen LogP contribution in [0.25, 0.3) is 0 Å². The molecule has 4 rings (SSSR count). The van der Waals surface area contributed by atoms with Gasteiger partial charge in [-0.3, -0.25) is 9.59 Å². The average Bonchev–Trinajstić information content (AvgIpc) is 3.16. The molecule has 0 radical (unpaired) electrons. The molecular weight excluding hydrogens is 442 g/mol. The summed E-state index contributed by atoms with van der Waals surface area (Å²) in [5.74, 6) is -1.28. The molecule has 3 aromatic carbocycles.